The van der Waals surface area contributed by atoms with Crippen molar-refractivity contribution in [3.63, 3.8) is 0 Å². The van der Waals surface area contributed by atoms with Crippen LogP contribution in [0, 0.1) is 13.8 Å². The fraction of sp³-hybridized carbons (Fsp3) is 0.182. The molecule has 0 bridgehead atoms. The summed E-state index contributed by atoms with van der Waals surface area (Å²) in [5.41, 5.74) is 7.61. The van der Waals surface area contributed by atoms with E-state index in [1.165, 1.54) is 16.9 Å². The van der Waals surface area contributed by atoms with E-state index in [0.29, 0.717) is 5.82 Å². The summed E-state index contributed by atoms with van der Waals surface area (Å²) >= 11 is 0. The second-order valence-corrected chi connectivity index (χ2v) is 3.74. The Morgan fingerprint density at radius 3 is 2.71 bits per heavy atom. The van der Waals surface area contributed by atoms with Gasteiger partial charge in [0, 0.05) is 11.9 Å². The summed E-state index contributed by atoms with van der Waals surface area (Å²) in [6, 6.07) is 3.24. The zero-order valence-electron chi connectivity index (χ0n) is 9.51. The van der Waals surface area contributed by atoms with Crippen LogP contribution in [0.15, 0.2) is 18.3 Å². The third kappa shape index (κ3) is 1.84. The zero-order valence-corrected chi connectivity index (χ0v) is 9.51. The van der Waals surface area contributed by atoms with Crippen LogP contribution in [0.4, 0.5) is 5.69 Å². The third-order valence-electron chi connectivity index (χ3n) is 2.41. The minimum atomic E-state index is -1.08. The summed E-state index contributed by atoms with van der Waals surface area (Å²) in [4.78, 5) is 15.0. The number of pyridine rings is 1. The highest BCUT2D eigenvalue weighted by molar-refractivity contribution is 5.95. The van der Waals surface area contributed by atoms with Gasteiger partial charge in [-0.05, 0) is 26.0 Å². The molecule has 3 N–H and O–H groups in total. The van der Waals surface area contributed by atoms with E-state index in [9.17, 15) is 4.79 Å². The molecule has 2 heterocycles. The lowest BCUT2D eigenvalue weighted by Gasteiger charge is -2.08. The molecule has 0 atom stereocenters. The molecule has 6 heteroatoms. The van der Waals surface area contributed by atoms with Gasteiger partial charge in [-0.1, -0.05) is 0 Å². The lowest BCUT2D eigenvalue weighted by molar-refractivity contribution is 0.0698. The standard InChI is InChI=1S/C11H12N4O2/c1-6-5-7(2)15(14-6)10-9(12)8(11(16)17)3-4-13-10/h3-5H,12H2,1-2H3,(H,16,17). The van der Waals surface area contributed by atoms with Crippen molar-refractivity contribution >= 4 is 11.7 Å². The molecule has 0 unspecified atom stereocenters. The fourth-order valence-electron chi connectivity index (χ4n) is 1.66. The van der Waals surface area contributed by atoms with Crippen LogP contribution in [0.1, 0.15) is 21.7 Å². The Balaban J connectivity index is 2.64. The van der Waals surface area contributed by atoms with Gasteiger partial charge in [0.1, 0.15) is 0 Å². The number of aromatic carboxylic acids is 1. The molecular weight excluding hydrogens is 220 g/mol. The Kier molecular flexibility index (Phi) is 2.55. The molecule has 0 aromatic carbocycles. The number of aryl methyl sites for hydroxylation is 2. The molecule has 0 saturated heterocycles. The second kappa shape index (κ2) is 3.89. The zero-order chi connectivity index (χ0) is 12.6. The Morgan fingerprint density at radius 1 is 1.47 bits per heavy atom. The van der Waals surface area contributed by atoms with Crippen molar-refractivity contribution in [1.82, 2.24) is 14.8 Å². The minimum absolute atomic E-state index is 0.0301. The first-order valence-corrected chi connectivity index (χ1v) is 5.02. The third-order valence-corrected chi connectivity index (χ3v) is 2.41. The Bertz CT molecular complexity index is 589. The van der Waals surface area contributed by atoms with Crippen molar-refractivity contribution in [1.29, 1.82) is 0 Å². The van der Waals surface area contributed by atoms with Gasteiger partial charge < -0.3 is 10.8 Å². The largest absolute Gasteiger partial charge is 0.478 e. The van der Waals surface area contributed by atoms with E-state index >= 15 is 0 Å². The maximum atomic E-state index is 11.0. The first-order chi connectivity index (χ1) is 8.00. The van der Waals surface area contributed by atoms with Crippen LogP contribution in [-0.4, -0.2) is 25.8 Å². The van der Waals surface area contributed by atoms with Gasteiger partial charge >= 0.3 is 5.97 Å². The first-order valence-electron chi connectivity index (χ1n) is 5.02. The molecule has 2 aromatic rings. The Labute approximate surface area is 97.7 Å². The van der Waals surface area contributed by atoms with Crippen LogP contribution in [0.2, 0.25) is 0 Å². The Hall–Kier alpha value is -2.37. The van der Waals surface area contributed by atoms with Crippen molar-refractivity contribution in [3.8, 4) is 5.82 Å². The second-order valence-electron chi connectivity index (χ2n) is 3.74. The lowest BCUT2D eigenvalue weighted by Crippen LogP contribution is -2.10. The summed E-state index contributed by atoms with van der Waals surface area (Å²) in [7, 11) is 0. The van der Waals surface area contributed by atoms with Gasteiger partial charge in [-0.15, -0.1) is 0 Å². The van der Waals surface area contributed by atoms with Crippen LogP contribution in [-0.2, 0) is 0 Å². The lowest BCUT2D eigenvalue weighted by atomic mass is 10.2. The maximum Gasteiger partial charge on any atom is 0.337 e. The fourth-order valence-corrected chi connectivity index (χ4v) is 1.66. The number of hydrogen-bond donors (Lipinski definition) is 2. The van der Waals surface area contributed by atoms with Crippen LogP contribution in [0.25, 0.3) is 5.82 Å². The van der Waals surface area contributed by atoms with E-state index in [4.69, 9.17) is 10.8 Å². The predicted octanol–water partition coefficient (Wildman–Crippen LogP) is 1.16. The van der Waals surface area contributed by atoms with Crippen LogP contribution in [0.5, 0.6) is 0 Å². The van der Waals surface area contributed by atoms with E-state index in [2.05, 4.69) is 10.1 Å². The topological polar surface area (TPSA) is 94.0 Å². The molecule has 0 fully saturated rings. The average molecular weight is 232 g/mol. The summed E-state index contributed by atoms with van der Waals surface area (Å²) in [5, 5.41) is 13.2. The normalized spacial score (nSPS) is 10.5. The van der Waals surface area contributed by atoms with Crippen molar-refractivity contribution in [2.45, 2.75) is 13.8 Å². The van der Waals surface area contributed by atoms with Gasteiger partial charge in [0.2, 0.25) is 0 Å². The van der Waals surface area contributed by atoms with Crippen LogP contribution in [0.3, 0.4) is 0 Å². The molecule has 0 radical (unpaired) electrons. The number of anilines is 1. The SMILES string of the molecule is Cc1cc(C)n(-c2nccc(C(=O)O)c2N)n1. The smallest absolute Gasteiger partial charge is 0.337 e. The van der Waals surface area contributed by atoms with Crippen molar-refractivity contribution in [2.24, 2.45) is 0 Å². The summed E-state index contributed by atoms with van der Waals surface area (Å²) in [6.07, 6.45) is 1.41. The molecule has 0 aliphatic rings. The highest BCUT2D eigenvalue weighted by atomic mass is 16.4. The van der Waals surface area contributed by atoms with Crippen molar-refractivity contribution < 1.29 is 9.90 Å². The van der Waals surface area contributed by atoms with Crippen LogP contribution >= 0.6 is 0 Å². The summed E-state index contributed by atoms with van der Waals surface area (Å²) < 4.78 is 1.54. The highest BCUT2D eigenvalue weighted by Crippen LogP contribution is 2.20. The van der Waals surface area contributed by atoms with E-state index in [1.54, 1.807) is 0 Å². The number of nitrogens with two attached hydrogens (primary N) is 1. The first kappa shape index (κ1) is 11.1. The highest BCUT2D eigenvalue weighted by Gasteiger charge is 2.15. The van der Waals surface area contributed by atoms with Gasteiger partial charge in [-0.3, -0.25) is 0 Å². The molecule has 2 aromatic heterocycles. The summed E-state index contributed by atoms with van der Waals surface area (Å²) in [6.45, 7) is 3.70. The molecule has 0 aliphatic heterocycles. The maximum absolute atomic E-state index is 11.0. The van der Waals surface area contributed by atoms with E-state index in [0.717, 1.165) is 11.4 Å². The molecule has 17 heavy (non-hydrogen) atoms. The van der Waals surface area contributed by atoms with Gasteiger partial charge in [-0.25, -0.2) is 14.5 Å². The van der Waals surface area contributed by atoms with Gasteiger partial charge in [0.05, 0.1) is 16.9 Å². The number of carboxylic acid groups (broad SMARTS) is 1. The van der Waals surface area contributed by atoms with Gasteiger partial charge in [0.25, 0.3) is 0 Å². The number of hydrogen-bond acceptors (Lipinski definition) is 4. The summed E-state index contributed by atoms with van der Waals surface area (Å²) in [5.74, 6) is -0.733. The molecule has 0 aliphatic carbocycles. The quantitative estimate of drug-likeness (QED) is 0.810. The van der Waals surface area contributed by atoms with Crippen LogP contribution < -0.4 is 5.73 Å². The molecule has 0 amide bonds. The number of nitrogen functional groups attached to an aromatic ring is 1. The average Bonchev–Trinajstić information content (AvgIpc) is 2.57. The molecule has 0 spiro atoms. The number of carbonyl (C=O) groups is 1. The van der Waals surface area contributed by atoms with Crippen molar-refractivity contribution in [2.75, 3.05) is 5.73 Å². The Morgan fingerprint density at radius 2 is 2.18 bits per heavy atom. The van der Waals surface area contributed by atoms with Gasteiger partial charge in [0.15, 0.2) is 5.82 Å². The number of nitrogens with zero attached hydrogens (tertiary/aromatic N) is 3. The molecule has 0 saturated carbocycles. The number of aromatic nitrogens is 3. The number of carboxylic acids is 1. The molecular formula is C11H12N4O2. The van der Waals surface area contributed by atoms with E-state index in [-0.39, 0.29) is 11.3 Å². The van der Waals surface area contributed by atoms with E-state index < -0.39 is 5.97 Å². The minimum Gasteiger partial charge on any atom is -0.478 e. The van der Waals surface area contributed by atoms with Gasteiger partial charge in [-0.2, -0.15) is 5.10 Å². The monoisotopic (exact) mass is 232 g/mol. The molecule has 88 valence electrons. The van der Waals surface area contributed by atoms with E-state index in [1.807, 2.05) is 19.9 Å². The predicted molar refractivity (Wildman–Crippen MR) is 62.2 cm³/mol. The molecule has 6 nitrogen and oxygen atoms in total. The number of rotatable bonds is 2. The van der Waals surface area contributed by atoms with Crippen molar-refractivity contribution in [3.05, 3.63) is 35.3 Å². The molecule has 2 rings (SSSR count).